The van der Waals surface area contributed by atoms with Crippen LogP contribution in [-0.4, -0.2) is 23.8 Å². The Morgan fingerprint density at radius 1 is 0.839 bits per heavy atom. The van der Waals surface area contributed by atoms with Crippen LogP contribution in [0.2, 0.25) is 0 Å². The first-order chi connectivity index (χ1) is 14.7. The van der Waals surface area contributed by atoms with E-state index in [1.165, 1.54) is 4.31 Å². The number of rotatable bonds is 7. The summed E-state index contributed by atoms with van der Waals surface area (Å²) >= 11 is 0. The summed E-state index contributed by atoms with van der Waals surface area (Å²) in [4.78, 5) is 11.8. The lowest BCUT2D eigenvalue weighted by molar-refractivity contribution is 0.0706. The molecule has 0 saturated carbocycles. The average Bonchev–Trinajstić information content (AvgIpc) is 2.76. The van der Waals surface area contributed by atoms with E-state index in [9.17, 15) is 13.2 Å². The second-order valence-electron chi connectivity index (χ2n) is 7.67. The summed E-state index contributed by atoms with van der Waals surface area (Å²) in [5.41, 5.74) is 6.16. The quantitative estimate of drug-likeness (QED) is 0.429. The molecule has 3 aromatic carbocycles. The van der Waals surface area contributed by atoms with E-state index in [-0.39, 0.29) is 23.5 Å². The largest absolute Gasteiger partial charge is 0.288 e. The molecule has 0 aliphatic heterocycles. The van der Waals surface area contributed by atoms with E-state index in [1.54, 1.807) is 42.7 Å². The molecule has 0 heterocycles. The van der Waals surface area contributed by atoms with Crippen molar-refractivity contribution in [1.29, 1.82) is 0 Å². The molecule has 0 aliphatic carbocycles. The Morgan fingerprint density at radius 3 is 1.90 bits per heavy atom. The predicted molar refractivity (Wildman–Crippen MR) is 119 cm³/mol. The van der Waals surface area contributed by atoms with E-state index in [0.717, 1.165) is 22.3 Å². The number of hydrogen-bond donors (Lipinski definition) is 2. The third kappa shape index (κ3) is 5.38. The molecule has 0 spiro atoms. The molecule has 0 aromatic heterocycles. The molecule has 0 fully saturated rings. The van der Waals surface area contributed by atoms with Crippen LogP contribution < -0.4 is 5.48 Å². The summed E-state index contributed by atoms with van der Waals surface area (Å²) < 4.78 is 28.7. The van der Waals surface area contributed by atoms with Crippen LogP contribution in [0.5, 0.6) is 0 Å². The second-order valence-corrected chi connectivity index (χ2v) is 9.57. The Labute approximate surface area is 183 Å². The van der Waals surface area contributed by atoms with Crippen molar-refractivity contribution >= 4 is 15.9 Å². The zero-order valence-corrected chi connectivity index (χ0v) is 18.6. The number of carbonyl (C=O) groups excluding carboxylic acids is 1. The number of sulfonamides is 1. The first-order valence-corrected chi connectivity index (χ1v) is 11.3. The summed E-state index contributed by atoms with van der Waals surface area (Å²) in [6.45, 7) is 6.00. The summed E-state index contributed by atoms with van der Waals surface area (Å²) in [7, 11) is -3.78. The van der Waals surface area contributed by atoms with Crippen LogP contribution >= 0.6 is 0 Å². The van der Waals surface area contributed by atoms with Gasteiger partial charge in [-0.2, -0.15) is 4.31 Å². The molecule has 2 N–H and O–H groups in total. The van der Waals surface area contributed by atoms with Crippen LogP contribution in [0.4, 0.5) is 0 Å². The number of carbonyl (C=O) groups is 1. The third-order valence-electron chi connectivity index (χ3n) is 5.12. The Kier molecular flexibility index (Phi) is 6.90. The van der Waals surface area contributed by atoms with Gasteiger partial charge in [0, 0.05) is 18.7 Å². The molecular weight excluding hydrogens is 412 g/mol. The van der Waals surface area contributed by atoms with Crippen molar-refractivity contribution in [3.63, 3.8) is 0 Å². The Morgan fingerprint density at radius 2 is 1.35 bits per heavy atom. The molecule has 6 nitrogen and oxygen atoms in total. The standard InChI is InChI=1S/C24H26N2O4S/c1-17-5-8-20(9-6-17)15-26(16-21-10-12-22(13-11-21)24(27)25-28)31(29,30)23-14-18(2)4-7-19(23)3/h4-14,28H,15-16H2,1-3H3,(H,25,27). The molecule has 0 unspecified atom stereocenters. The van der Waals surface area contributed by atoms with Crippen molar-refractivity contribution < 1.29 is 18.4 Å². The molecule has 162 valence electrons. The first-order valence-electron chi connectivity index (χ1n) is 9.87. The zero-order valence-electron chi connectivity index (χ0n) is 17.8. The molecule has 31 heavy (non-hydrogen) atoms. The lowest BCUT2D eigenvalue weighted by Gasteiger charge is -2.24. The molecule has 0 bridgehead atoms. The van der Waals surface area contributed by atoms with Crippen LogP contribution in [0, 0.1) is 20.8 Å². The van der Waals surface area contributed by atoms with Crippen molar-refractivity contribution in [2.75, 3.05) is 0 Å². The van der Waals surface area contributed by atoms with Crippen molar-refractivity contribution in [3.8, 4) is 0 Å². The number of benzene rings is 3. The van der Waals surface area contributed by atoms with Crippen molar-refractivity contribution in [3.05, 3.63) is 100 Å². The van der Waals surface area contributed by atoms with Gasteiger partial charge in [0.05, 0.1) is 4.90 Å². The van der Waals surface area contributed by atoms with Gasteiger partial charge in [-0.25, -0.2) is 13.9 Å². The van der Waals surface area contributed by atoms with E-state index in [4.69, 9.17) is 5.21 Å². The molecular formula is C24H26N2O4S. The number of nitrogens with one attached hydrogen (secondary N) is 1. The fourth-order valence-electron chi connectivity index (χ4n) is 3.28. The SMILES string of the molecule is Cc1ccc(CN(Cc2ccc(C(=O)NO)cc2)S(=O)(=O)c2cc(C)ccc2C)cc1. The number of hydroxylamine groups is 1. The third-order valence-corrected chi connectivity index (χ3v) is 7.05. The zero-order chi connectivity index (χ0) is 22.6. The van der Waals surface area contributed by atoms with Crippen molar-refractivity contribution in [1.82, 2.24) is 9.79 Å². The summed E-state index contributed by atoms with van der Waals surface area (Å²) in [6, 6.07) is 19.6. The minimum Gasteiger partial charge on any atom is -0.288 e. The minimum atomic E-state index is -3.78. The fraction of sp³-hybridized carbons (Fsp3) is 0.208. The predicted octanol–water partition coefficient (Wildman–Crippen LogP) is 4.12. The number of aryl methyl sites for hydroxylation is 3. The van der Waals surface area contributed by atoms with Gasteiger partial charge in [0.2, 0.25) is 10.0 Å². The molecule has 3 aromatic rings. The summed E-state index contributed by atoms with van der Waals surface area (Å²) in [5, 5.41) is 8.78. The van der Waals surface area contributed by atoms with Gasteiger partial charge < -0.3 is 0 Å². The van der Waals surface area contributed by atoms with E-state index in [2.05, 4.69) is 0 Å². The highest BCUT2D eigenvalue weighted by atomic mass is 32.2. The number of hydrogen-bond acceptors (Lipinski definition) is 4. The molecule has 1 amide bonds. The van der Waals surface area contributed by atoms with E-state index in [1.807, 2.05) is 50.2 Å². The summed E-state index contributed by atoms with van der Waals surface area (Å²) in [6.07, 6.45) is 0. The minimum absolute atomic E-state index is 0.143. The van der Waals surface area contributed by atoms with Crippen molar-refractivity contribution in [2.45, 2.75) is 38.8 Å². The summed E-state index contributed by atoms with van der Waals surface area (Å²) in [5.74, 6) is -0.619. The highest BCUT2D eigenvalue weighted by Gasteiger charge is 2.27. The van der Waals surface area contributed by atoms with Gasteiger partial charge in [0.25, 0.3) is 5.91 Å². The maximum Gasteiger partial charge on any atom is 0.274 e. The lowest BCUT2D eigenvalue weighted by Crippen LogP contribution is -2.31. The smallest absolute Gasteiger partial charge is 0.274 e. The van der Waals surface area contributed by atoms with E-state index >= 15 is 0 Å². The lowest BCUT2D eigenvalue weighted by atomic mass is 10.1. The molecule has 3 rings (SSSR count). The normalized spacial score (nSPS) is 11.5. The van der Waals surface area contributed by atoms with Gasteiger partial charge in [-0.15, -0.1) is 0 Å². The highest BCUT2D eigenvalue weighted by molar-refractivity contribution is 7.89. The topological polar surface area (TPSA) is 86.7 Å². The van der Waals surface area contributed by atoms with E-state index < -0.39 is 15.9 Å². The van der Waals surface area contributed by atoms with Crippen LogP contribution in [0.3, 0.4) is 0 Å². The van der Waals surface area contributed by atoms with Gasteiger partial charge in [-0.3, -0.25) is 10.0 Å². The number of nitrogens with zero attached hydrogens (tertiary/aromatic N) is 1. The maximum atomic E-state index is 13.6. The van der Waals surface area contributed by atoms with Crippen LogP contribution in [0.1, 0.15) is 38.2 Å². The van der Waals surface area contributed by atoms with Gasteiger partial charge in [-0.1, -0.05) is 54.1 Å². The van der Waals surface area contributed by atoms with Gasteiger partial charge >= 0.3 is 0 Å². The van der Waals surface area contributed by atoms with E-state index in [0.29, 0.717) is 5.56 Å². The van der Waals surface area contributed by atoms with Gasteiger partial charge in [0.15, 0.2) is 0 Å². The Hall–Kier alpha value is -3.00. The first kappa shape index (κ1) is 22.7. The molecule has 0 atom stereocenters. The molecule has 0 aliphatic rings. The average molecular weight is 439 g/mol. The monoisotopic (exact) mass is 438 g/mol. The second kappa shape index (κ2) is 9.43. The highest BCUT2D eigenvalue weighted by Crippen LogP contribution is 2.25. The van der Waals surface area contributed by atoms with Gasteiger partial charge in [-0.05, 0) is 61.2 Å². The molecule has 0 radical (unpaired) electrons. The van der Waals surface area contributed by atoms with Crippen LogP contribution in [-0.2, 0) is 23.1 Å². The van der Waals surface area contributed by atoms with Gasteiger partial charge in [0.1, 0.15) is 0 Å². The van der Waals surface area contributed by atoms with Crippen LogP contribution in [0.25, 0.3) is 0 Å². The Bertz CT molecular complexity index is 1170. The molecule has 0 saturated heterocycles. The molecule has 7 heteroatoms. The van der Waals surface area contributed by atoms with Crippen LogP contribution in [0.15, 0.2) is 71.6 Å². The number of amides is 1. The fourth-order valence-corrected chi connectivity index (χ4v) is 5.00. The maximum absolute atomic E-state index is 13.6. The Balaban J connectivity index is 1.99. The van der Waals surface area contributed by atoms with Crippen molar-refractivity contribution in [2.24, 2.45) is 0 Å².